The average Bonchev–Trinajstić information content (AvgIpc) is 2.99. The Morgan fingerprint density at radius 3 is 2.76 bits per heavy atom. The van der Waals surface area contributed by atoms with E-state index in [9.17, 15) is 13.6 Å². The minimum Gasteiger partial charge on any atom is -0.338 e. The predicted molar refractivity (Wildman–Crippen MR) is 93.9 cm³/mol. The minimum atomic E-state index is -0.856. The number of rotatable bonds is 4. The van der Waals surface area contributed by atoms with Crippen molar-refractivity contribution in [1.29, 1.82) is 0 Å². The third-order valence-electron chi connectivity index (χ3n) is 5.58. The molecule has 1 atom stereocenters. The van der Waals surface area contributed by atoms with Gasteiger partial charge >= 0.3 is 0 Å². The molecule has 1 aromatic rings. The second-order valence-electron chi connectivity index (χ2n) is 7.45. The Labute approximate surface area is 148 Å². The number of hydrogen-bond acceptors (Lipinski definition) is 2. The first kappa shape index (κ1) is 18.1. The molecule has 5 heteroatoms. The fraction of sp³-hybridized carbons (Fsp3) is 0.550. The van der Waals surface area contributed by atoms with E-state index in [1.165, 1.54) is 11.6 Å². The molecule has 1 unspecified atom stereocenters. The highest BCUT2D eigenvalue weighted by atomic mass is 19.2. The molecular formula is C20H26F2N2O. The van der Waals surface area contributed by atoms with E-state index in [4.69, 9.17) is 0 Å². The van der Waals surface area contributed by atoms with Gasteiger partial charge in [-0.1, -0.05) is 17.7 Å². The van der Waals surface area contributed by atoms with Crippen LogP contribution in [-0.4, -0.2) is 41.9 Å². The van der Waals surface area contributed by atoms with Crippen LogP contribution in [0.25, 0.3) is 0 Å². The Kier molecular flexibility index (Phi) is 5.23. The molecule has 2 aliphatic rings. The van der Waals surface area contributed by atoms with Gasteiger partial charge in [-0.05, 0) is 57.4 Å². The molecule has 0 aromatic heterocycles. The zero-order chi connectivity index (χ0) is 18.0. The van der Waals surface area contributed by atoms with E-state index in [1.807, 2.05) is 11.8 Å². The number of nitrogens with zero attached hydrogens (tertiary/aromatic N) is 2. The number of amides is 1. The normalized spacial score (nSPS) is 25.2. The summed E-state index contributed by atoms with van der Waals surface area (Å²) >= 11 is 0. The molecule has 0 aliphatic carbocycles. The van der Waals surface area contributed by atoms with Gasteiger partial charge in [0.1, 0.15) is 0 Å². The summed E-state index contributed by atoms with van der Waals surface area (Å²) in [5.41, 5.74) is 1.66. The van der Waals surface area contributed by atoms with Gasteiger partial charge in [-0.2, -0.15) is 0 Å². The molecule has 0 saturated carbocycles. The van der Waals surface area contributed by atoms with Crippen LogP contribution in [0.1, 0.15) is 38.7 Å². The van der Waals surface area contributed by atoms with Crippen molar-refractivity contribution in [2.24, 2.45) is 5.41 Å². The lowest BCUT2D eigenvalue weighted by Gasteiger charge is -2.39. The van der Waals surface area contributed by atoms with E-state index in [0.29, 0.717) is 18.7 Å². The van der Waals surface area contributed by atoms with Crippen molar-refractivity contribution in [3.8, 4) is 0 Å². The van der Waals surface area contributed by atoms with Crippen molar-refractivity contribution < 1.29 is 13.6 Å². The molecule has 1 amide bonds. The first-order valence-corrected chi connectivity index (χ1v) is 9.01. The van der Waals surface area contributed by atoms with Gasteiger partial charge in [-0.15, -0.1) is 0 Å². The van der Waals surface area contributed by atoms with E-state index >= 15 is 0 Å². The van der Waals surface area contributed by atoms with Crippen LogP contribution in [0.4, 0.5) is 8.78 Å². The van der Waals surface area contributed by atoms with Crippen LogP contribution in [0, 0.1) is 17.0 Å². The third kappa shape index (κ3) is 3.76. The highest BCUT2D eigenvalue weighted by Crippen LogP contribution is 2.40. The molecule has 0 bridgehead atoms. The summed E-state index contributed by atoms with van der Waals surface area (Å²) in [4.78, 5) is 17.3. The fourth-order valence-electron chi connectivity index (χ4n) is 4.08. The van der Waals surface area contributed by atoms with Crippen molar-refractivity contribution >= 4 is 5.91 Å². The molecule has 2 fully saturated rings. The molecule has 2 saturated heterocycles. The summed E-state index contributed by atoms with van der Waals surface area (Å²) in [6, 6.07) is 3.88. The lowest BCUT2D eigenvalue weighted by Crippen LogP contribution is -2.49. The first-order chi connectivity index (χ1) is 11.9. The Hall–Kier alpha value is -1.75. The zero-order valence-electron chi connectivity index (χ0n) is 15.0. The molecule has 2 heterocycles. The van der Waals surface area contributed by atoms with E-state index in [0.717, 1.165) is 45.0 Å². The van der Waals surface area contributed by atoms with Gasteiger partial charge in [0.15, 0.2) is 11.6 Å². The van der Waals surface area contributed by atoms with E-state index in [1.54, 1.807) is 6.07 Å². The molecule has 0 N–H and O–H groups in total. The van der Waals surface area contributed by atoms with Crippen LogP contribution >= 0.6 is 0 Å². The highest BCUT2D eigenvalue weighted by Gasteiger charge is 2.48. The second kappa shape index (κ2) is 7.24. The topological polar surface area (TPSA) is 23.6 Å². The molecule has 2 aliphatic heterocycles. The Morgan fingerprint density at radius 2 is 2.04 bits per heavy atom. The quantitative estimate of drug-likeness (QED) is 0.774. The summed E-state index contributed by atoms with van der Waals surface area (Å²) in [5, 5.41) is 0. The van der Waals surface area contributed by atoms with Crippen molar-refractivity contribution in [2.45, 2.75) is 39.7 Å². The van der Waals surface area contributed by atoms with Crippen LogP contribution in [0.5, 0.6) is 0 Å². The van der Waals surface area contributed by atoms with Crippen molar-refractivity contribution in [3.05, 3.63) is 47.0 Å². The summed E-state index contributed by atoms with van der Waals surface area (Å²) in [5.74, 6) is -1.54. The van der Waals surface area contributed by atoms with E-state index in [-0.39, 0.29) is 11.3 Å². The number of hydrogen-bond donors (Lipinski definition) is 0. The molecule has 1 spiro atoms. The summed E-state index contributed by atoms with van der Waals surface area (Å²) < 4.78 is 26.5. The van der Waals surface area contributed by atoms with Gasteiger partial charge in [0, 0.05) is 26.2 Å². The minimum absolute atomic E-state index is 0.170. The largest absolute Gasteiger partial charge is 0.338 e. The van der Waals surface area contributed by atoms with Crippen molar-refractivity contribution in [3.63, 3.8) is 0 Å². The standard InChI is InChI=1S/C20H26F2N2O/c1-3-15(2)12-23-10-8-20(14-23)7-4-9-24(19(20)25)13-16-5-6-17(21)18(22)11-16/h3,5-6,11H,4,7-10,12-14H2,1-2H3/b15-3+. The van der Waals surface area contributed by atoms with Gasteiger partial charge in [0.25, 0.3) is 0 Å². The number of halogens is 2. The number of carbonyl (C=O) groups is 1. The van der Waals surface area contributed by atoms with Gasteiger partial charge in [-0.3, -0.25) is 9.69 Å². The molecular weight excluding hydrogens is 322 g/mol. The fourth-order valence-corrected chi connectivity index (χ4v) is 4.08. The lowest BCUT2D eigenvalue weighted by atomic mass is 9.78. The van der Waals surface area contributed by atoms with Gasteiger partial charge < -0.3 is 4.90 Å². The number of carbonyl (C=O) groups excluding carboxylic acids is 1. The summed E-state index contributed by atoms with van der Waals surface area (Å²) in [6.45, 7) is 7.84. The van der Waals surface area contributed by atoms with Crippen LogP contribution in [0.15, 0.2) is 29.8 Å². The Balaban J connectivity index is 1.70. The molecule has 3 rings (SSSR count). The molecule has 0 radical (unpaired) electrons. The maximum Gasteiger partial charge on any atom is 0.230 e. The highest BCUT2D eigenvalue weighted by molar-refractivity contribution is 5.84. The van der Waals surface area contributed by atoms with E-state index in [2.05, 4.69) is 17.9 Å². The van der Waals surface area contributed by atoms with Crippen LogP contribution in [0.2, 0.25) is 0 Å². The number of likely N-dealkylation sites (tertiary alicyclic amines) is 2. The zero-order valence-corrected chi connectivity index (χ0v) is 15.0. The summed E-state index contributed by atoms with van der Waals surface area (Å²) in [6.07, 6.45) is 4.89. The molecule has 3 nitrogen and oxygen atoms in total. The number of allylic oxidation sites excluding steroid dienone is 1. The Morgan fingerprint density at radius 1 is 1.24 bits per heavy atom. The monoisotopic (exact) mass is 348 g/mol. The lowest BCUT2D eigenvalue weighted by molar-refractivity contribution is -0.146. The van der Waals surface area contributed by atoms with Gasteiger partial charge in [0.05, 0.1) is 5.41 Å². The van der Waals surface area contributed by atoms with Gasteiger partial charge in [0.2, 0.25) is 5.91 Å². The van der Waals surface area contributed by atoms with Crippen LogP contribution < -0.4 is 0 Å². The van der Waals surface area contributed by atoms with E-state index < -0.39 is 11.6 Å². The number of benzene rings is 1. The maximum atomic E-state index is 13.4. The molecule has 136 valence electrons. The molecule has 25 heavy (non-hydrogen) atoms. The van der Waals surface area contributed by atoms with Crippen LogP contribution in [-0.2, 0) is 11.3 Å². The van der Waals surface area contributed by atoms with Gasteiger partial charge in [-0.25, -0.2) is 8.78 Å². The van der Waals surface area contributed by atoms with Crippen molar-refractivity contribution in [2.75, 3.05) is 26.2 Å². The third-order valence-corrected chi connectivity index (χ3v) is 5.58. The first-order valence-electron chi connectivity index (χ1n) is 9.01. The maximum absolute atomic E-state index is 13.4. The average molecular weight is 348 g/mol. The summed E-state index contributed by atoms with van der Waals surface area (Å²) in [7, 11) is 0. The predicted octanol–water partition coefficient (Wildman–Crippen LogP) is 3.75. The smallest absolute Gasteiger partial charge is 0.230 e. The number of piperidine rings is 1. The molecule has 1 aromatic carbocycles. The van der Waals surface area contributed by atoms with Crippen molar-refractivity contribution in [1.82, 2.24) is 9.80 Å². The van der Waals surface area contributed by atoms with Crippen LogP contribution in [0.3, 0.4) is 0 Å². The SMILES string of the molecule is C/C=C(\C)CN1CCC2(CCCN(Cc3ccc(F)c(F)c3)C2=O)C1. The Bertz CT molecular complexity index is 688. The second-order valence-corrected chi connectivity index (χ2v) is 7.45.